The summed E-state index contributed by atoms with van der Waals surface area (Å²) in [7, 11) is 0. The van der Waals surface area contributed by atoms with Gasteiger partial charge in [0.05, 0.1) is 6.61 Å². The number of alkyl halides is 1. The molecule has 0 aromatic rings. The number of carbonyl (C=O) groups is 1. The molecule has 0 aromatic carbocycles. The molecule has 0 aromatic heterocycles. The summed E-state index contributed by atoms with van der Waals surface area (Å²) >= 11 is 5.42. The van der Waals surface area contributed by atoms with E-state index in [1.54, 1.807) is 0 Å². The van der Waals surface area contributed by atoms with Crippen LogP contribution < -0.4 is 0 Å². The predicted molar refractivity (Wildman–Crippen MR) is 63.6 cm³/mol. The van der Waals surface area contributed by atoms with Crippen molar-refractivity contribution >= 4 is 17.6 Å². The Bertz CT molecular complexity index is 245. The molecule has 2 saturated heterocycles. The number of ether oxygens (including phenoxy) is 1. The highest BCUT2D eigenvalue weighted by atomic mass is 35.5. The van der Waals surface area contributed by atoms with Gasteiger partial charge < -0.3 is 4.74 Å². The Morgan fingerprint density at radius 3 is 2.88 bits per heavy atom. The zero-order valence-electron chi connectivity index (χ0n) is 9.66. The van der Waals surface area contributed by atoms with E-state index < -0.39 is 0 Å². The molecule has 2 rings (SSSR count). The molecule has 16 heavy (non-hydrogen) atoms. The second-order valence-corrected chi connectivity index (χ2v) is 5.09. The standard InChI is InChI=1S/C12H20ClNO2/c13-8-12(15)16-9-10-4-3-7-14-6-2-1-5-11(10)14/h10-11H,1-9H2/t10-,11?/m0/s1. The van der Waals surface area contributed by atoms with Gasteiger partial charge in [-0.3, -0.25) is 9.69 Å². The van der Waals surface area contributed by atoms with E-state index in [1.807, 2.05) is 0 Å². The first kappa shape index (κ1) is 12.2. The summed E-state index contributed by atoms with van der Waals surface area (Å²) in [6, 6.07) is 0.644. The van der Waals surface area contributed by atoms with Gasteiger partial charge in [0.15, 0.2) is 0 Å². The van der Waals surface area contributed by atoms with Crippen LogP contribution >= 0.6 is 11.6 Å². The van der Waals surface area contributed by atoms with Crippen LogP contribution in [0.25, 0.3) is 0 Å². The van der Waals surface area contributed by atoms with Crippen LogP contribution in [-0.2, 0) is 9.53 Å². The molecule has 2 fully saturated rings. The molecule has 0 spiro atoms. The molecule has 2 aliphatic rings. The quantitative estimate of drug-likeness (QED) is 0.563. The lowest BCUT2D eigenvalue weighted by atomic mass is 9.84. The van der Waals surface area contributed by atoms with Crippen molar-refractivity contribution in [3.05, 3.63) is 0 Å². The van der Waals surface area contributed by atoms with Crippen LogP contribution in [0.2, 0.25) is 0 Å². The third-order valence-electron chi connectivity index (χ3n) is 3.80. The molecule has 2 aliphatic heterocycles. The Morgan fingerprint density at radius 1 is 1.25 bits per heavy atom. The normalized spacial score (nSPS) is 30.8. The SMILES string of the molecule is O=C(CCl)OC[C@@H]1CCCN2CCCCC12. The van der Waals surface area contributed by atoms with E-state index in [1.165, 1.54) is 45.2 Å². The van der Waals surface area contributed by atoms with Crippen LogP contribution in [0.4, 0.5) is 0 Å². The number of rotatable bonds is 3. The summed E-state index contributed by atoms with van der Waals surface area (Å²) in [6.07, 6.45) is 6.34. The fraction of sp³-hybridized carbons (Fsp3) is 0.917. The molecule has 0 saturated carbocycles. The molecular weight excluding hydrogens is 226 g/mol. The van der Waals surface area contributed by atoms with Gasteiger partial charge in [-0.15, -0.1) is 11.6 Å². The molecule has 0 aliphatic carbocycles. The van der Waals surface area contributed by atoms with Crippen molar-refractivity contribution in [2.75, 3.05) is 25.6 Å². The van der Waals surface area contributed by atoms with E-state index in [2.05, 4.69) is 4.90 Å². The van der Waals surface area contributed by atoms with Crippen molar-refractivity contribution in [2.24, 2.45) is 5.92 Å². The van der Waals surface area contributed by atoms with Crippen molar-refractivity contribution in [1.29, 1.82) is 0 Å². The molecule has 4 heteroatoms. The van der Waals surface area contributed by atoms with Gasteiger partial charge in [0, 0.05) is 12.0 Å². The van der Waals surface area contributed by atoms with Crippen LogP contribution in [0.1, 0.15) is 32.1 Å². The zero-order chi connectivity index (χ0) is 11.4. The van der Waals surface area contributed by atoms with E-state index in [9.17, 15) is 4.79 Å². The predicted octanol–water partition coefficient (Wildman–Crippen LogP) is 2.03. The first-order valence-corrected chi connectivity index (χ1v) is 6.80. The number of halogens is 1. The number of fused-ring (bicyclic) bond motifs is 1. The van der Waals surface area contributed by atoms with E-state index >= 15 is 0 Å². The van der Waals surface area contributed by atoms with Crippen LogP contribution in [0, 0.1) is 5.92 Å². The van der Waals surface area contributed by atoms with Crippen molar-refractivity contribution < 1.29 is 9.53 Å². The van der Waals surface area contributed by atoms with Crippen molar-refractivity contribution in [3.8, 4) is 0 Å². The highest BCUT2D eigenvalue weighted by Gasteiger charge is 2.33. The summed E-state index contributed by atoms with van der Waals surface area (Å²) in [4.78, 5) is 13.6. The van der Waals surface area contributed by atoms with Crippen LogP contribution in [0.3, 0.4) is 0 Å². The van der Waals surface area contributed by atoms with Gasteiger partial charge in [-0.2, -0.15) is 0 Å². The Hall–Kier alpha value is -0.280. The van der Waals surface area contributed by atoms with Crippen LogP contribution in [0.5, 0.6) is 0 Å². The number of nitrogens with zero attached hydrogens (tertiary/aromatic N) is 1. The van der Waals surface area contributed by atoms with Crippen molar-refractivity contribution in [1.82, 2.24) is 4.90 Å². The second-order valence-electron chi connectivity index (χ2n) is 4.82. The van der Waals surface area contributed by atoms with Gasteiger partial charge in [-0.1, -0.05) is 6.42 Å². The number of hydrogen-bond acceptors (Lipinski definition) is 3. The fourth-order valence-corrected chi connectivity index (χ4v) is 3.09. The molecule has 2 atom stereocenters. The molecule has 0 amide bonds. The summed E-state index contributed by atoms with van der Waals surface area (Å²) in [5, 5.41) is 0. The fourth-order valence-electron chi connectivity index (χ4n) is 3.01. The van der Waals surface area contributed by atoms with Gasteiger partial charge in [-0.25, -0.2) is 0 Å². The maximum atomic E-state index is 11.0. The summed E-state index contributed by atoms with van der Waals surface area (Å²) in [5.41, 5.74) is 0. The Morgan fingerprint density at radius 2 is 2.06 bits per heavy atom. The summed E-state index contributed by atoms with van der Waals surface area (Å²) in [5.74, 6) is 0.219. The molecule has 0 bridgehead atoms. The average molecular weight is 246 g/mol. The summed E-state index contributed by atoms with van der Waals surface area (Å²) < 4.78 is 5.18. The molecular formula is C12H20ClNO2. The second kappa shape index (κ2) is 5.87. The number of hydrogen-bond donors (Lipinski definition) is 0. The Labute approximate surface area is 102 Å². The zero-order valence-corrected chi connectivity index (χ0v) is 10.4. The van der Waals surface area contributed by atoms with Crippen LogP contribution in [-0.4, -0.2) is 42.5 Å². The largest absolute Gasteiger partial charge is 0.464 e. The molecule has 1 unspecified atom stereocenters. The van der Waals surface area contributed by atoms with Crippen molar-refractivity contribution in [3.63, 3.8) is 0 Å². The van der Waals surface area contributed by atoms with E-state index in [0.717, 1.165) is 0 Å². The van der Waals surface area contributed by atoms with E-state index in [0.29, 0.717) is 18.6 Å². The first-order valence-electron chi connectivity index (χ1n) is 6.27. The van der Waals surface area contributed by atoms with Gasteiger partial charge >= 0.3 is 5.97 Å². The first-order chi connectivity index (χ1) is 7.81. The number of carbonyl (C=O) groups excluding carboxylic acids is 1. The lowest BCUT2D eigenvalue weighted by Crippen LogP contribution is -2.49. The minimum absolute atomic E-state index is 0.0267. The van der Waals surface area contributed by atoms with Crippen LogP contribution in [0.15, 0.2) is 0 Å². The van der Waals surface area contributed by atoms with Gasteiger partial charge in [-0.05, 0) is 38.8 Å². The maximum absolute atomic E-state index is 11.0. The smallest absolute Gasteiger partial charge is 0.320 e. The van der Waals surface area contributed by atoms with E-state index in [-0.39, 0.29) is 11.8 Å². The van der Waals surface area contributed by atoms with Crippen molar-refractivity contribution in [2.45, 2.75) is 38.1 Å². The lowest BCUT2D eigenvalue weighted by Gasteiger charge is -2.44. The lowest BCUT2D eigenvalue weighted by molar-refractivity contribution is -0.143. The van der Waals surface area contributed by atoms with Gasteiger partial charge in [0.25, 0.3) is 0 Å². The monoisotopic (exact) mass is 245 g/mol. The number of esters is 1. The highest BCUT2D eigenvalue weighted by Crippen LogP contribution is 2.30. The third kappa shape index (κ3) is 2.89. The molecule has 0 N–H and O–H groups in total. The Kier molecular flexibility index (Phi) is 4.47. The topological polar surface area (TPSA) is 29.5 Å². The minimum atomic E-state index is -0.283. The van der Waals surface area contributed by atoms with Gasteiger partial charge in [0.2, 0.25) is 0 Å². The van der Waals surface area contributed by atoms with Gasteiger partial charge in [0.1, 0.15) is 5.88 Å². The third-order valence-corrected chi connectivity index (χ3v) is 4.01. The molecule has 92 valence electrons. The molecule has 3 nitrogen and oxygen atoms in total. The Balaban J connectivity index is 1.85. The molecule has 2 heterocycles. The molecule has 0 radical (unpaired) electrons. The average Bonchev–Trinajstić information content (AvgIpc) is 2.35. The summed E-state index contributed by atoms with van der Waals surface area (Å²) in [6.45, 7) is 3.02. The minimum Gasteiger partial charge on any atom is -0.464 e. The maximum Gasteiger partial charge on any atom is 0.320 e. The highest BCUT2D eigenvalue weighted by molar-refractivity contribution is 6.26. The number of piperidine rings is 2. The van der Waals surface area contributed by atoms with E-state index in [4.69, 9.17) is 16.3 Å².